The molecule has 0 fully saturated rings. The minimum absolute atomic E-state index is 0.166. The molecular formula is C20H20Cl4N2O3. The Balaban J connectivity index is 2.23. The third-order valence-electron chi connectivity index (χ3n) is 4.21. The maximum absolute atomic E-state index is 13.0. The zero-order valence-corrected chi connectivity index (χ0v) is 18.9. The summed E-state index contributed by atoms with van der Waals surface area (Å²) in [6.45, 7) is 1.70. The van der Waals surface area contributed by atoms with Crippen molar-refractivity contribution < 1.29 is 14.3 Å². The average molecular weight is 478 g/mol. The van der Waals surface area contributed by atoms with Gasteiger partial charge in [-0.25, -0.2) is 0 Å². The fraction of sp³-hybridized carbons (Fsp3) is 0.300. The summed E-state index contributed by atoms with van der Waals surface area (Å²) in [6.07, 6.45) is 0.425. The van der Waals surface area contributed by atoms with Crippen molar-refractivity contribution in [2.75, 3.05) is 13.7 Å². The van der Waals surface area contributed by atoms with Gasteiger partial charge in [-0.1, -0.05) is 59.4 Å². The number of carbonyl (C=O) groups excluding carboxylic acids is 2. The molecule has 0 saturated carbocycles. The van der Waals surface area contributed by atoms with Crippen molar-refractivity contribution in [2.45, 2.75) is 25.9 Å². The molecule has 5 nitrogen and oxygen atoms in total. The van der Waals surface area contributed by atoms with Crippen LogP contribution in [0.15, 0.2) is 36.4 Å². The number of rotatable bonds is 8. The molecule has 1 atom stereocenters. The third kappa shape index (κ3) is 6.41. The summed E-state index contributed by atoms with van der Waals surface area (Å²) in [7, 11) is 1.52. The van der Waals surface area contributed by atoms with Crippen LogP contribution < -0.4 is 10.1 Å². The van der Waals surface area contributed by atoms with Crippen LogP contribution in [0.5, 0.6) is 5.75 Å². The van der Waals surface area contributed by atoms with Gasteiger partial charge in [-0.2, -0.15) is 0 Å². The lowest BCUT2D eigenvalue weighted by Gasteiger charge is -2.30. The molecule has 29 heavy (non-hydrogen) atoms. The highest BCUT2D eigenvalue weighted by atomic mass is 35.5. The van der Waals surface area contributed by atoms with Crippen molar-refractivity contribution in [3.63, 3.8) is 0 Å². The predicted molar refractivity (Wildman–Crippen MR) is 117 cm³/mol. The Hall–Kier alpha value is -1.66. The van der Waals surface area contributed by atoms with Gasteiger partial charge < -0.3 is 15.0 Å². The van der Waals surface area contributed by atoms with Crippen LogP contribution in [0.4, 0.5) is 0 Å². The Labute approximate surface area is 189 Å². The van der Waals surface area contributed by atoms with Gasteiger partial charge in [-0.3, -0.25) is 9.59 Å². The van der Waals surface area contributed by atoms with Gasteiger partial charge >= 0.3 is 0 Å². The molecule has 0 spiro atoms. The number of amides is 2. The lowest BCUT2D eigenvalue weighted by atomic mass is 10.1. The normalized spacial score (nSPS) is 11.7. The van der Waals surface area contributed by atoms with E-state index in [0.717, 1.165) is 5.56 Å². The molecule has 0 saturated heterocycles. The molecule has 0 aliphatic heterocycles. The van der Waals surface area contributed by atoms with Gasteiger partial charge in [0.2, 0.25) is 5.91 Å². The summed E-state index contributed by atoms with van der Waals surface area (Å²) in [5.74, 6) is -0.324. The minimum Gasteiger partial charge on any atom is -0.482 e. The number of nitrogens with zero attached hydrogens (tertiary/aromatic N) is 1. The molecule has 1 unspecified atom stereocenters. The number of nitrogens with one attached hydrogen (secondary N) is 1. The summed E-state index contributed by atoms with van der Waals surface area (Å²) < 4.78 is 5.56. The number of halogens is 4. The van der Waals surface area contributed by atoms with Gasteiger partial charge in [0, 0.05) is 18.6 Å². The van der Waals surface area contributed by atoms with Crippen LogP contribution >= 0.6 is 46.4 Å². The van der Waals surface area contributed by atoms with Gasteiger partial charge in [-0.15, -0.1) is 0 Å². The Morgan fingerprint density at radius 2 is 1.76 bits per heavy atom. The first-order valence-corrected chi connectivity index (χ1v) is 10.3. The first-order chi connectivity index (χ1) is 13.8. The molecule has 2 rings (SSSR count). The maximum Gasteiger partial charge on any atom is 0.261 e. The van der Waals surface area contributed by atoms with E-state index < -0.39 is 6.04 Å². The molecule has 2 amide bonds. The van der Waals surface area contributed by atoms with Gasteiger partial charge in [0.05, 0.1) is 15.1 Å². The molecule has 0 aliphatic rings. The van der Waals surface area contributed by atoms with Crippen LogP contribution in [0.3, 0.4) is 0 Å². The van der Waals surface area contributed by atoms with E-state index in [-0.39, 0.29) is 25.0 Å². The minimum atomic E-state index is -0.675. The number of ether oxygens (including phenoxy) is 1. The van der Waals surface area contributed by atoms with Gasteiger partial charge in [0.1, 0.15) is 11.8 Å². The summed E-state index contributed by atoms with van der Waals surface area (Å²) in [6, 6.07) is 9.10. The second-order valence-electron chi connectivity index (χ2n) is 6.17. The smallest absolute Gasteiger partial charge is 0.261 e. The number of carbonyl (C=O) groups is 2. The summed E-state index contributed by atoms with van der Waals surface area (Å²) in [4.78, 5) is 26.7. The van der Waals surface area contributed by atoms with Crippen LogP contribution in [-0.4, -0.2) is 36.4 Å². The number of likely N-dealkylation sites (N-methyl/N-ethyl adjacent to an activating group) is 1. The first-order valence-electron chi connectivity index (χ1n) is 8.79. The van der Waals surface area contributed by atoms with Crippen molar-refractivity contribution >= 4 is 58.2 Å². The fourth-order valence-electron chi connectivity index (χ4n) is 2.74. The lowest BCUT2D eigenvalue weighted by molar-refractivity contribution is -0.142. The standard InChI is InChI=1S/C20H20Cl4N2O3/c1-3-17(20(28)25-2)26(10-12-4-6-14(22)15(23)8-12)19(27)11-29-18-7-5-13(21)9-16(18)24/h4-9,17H,3,10-11H2,1-2H3,(H,25,28). The molecule has 0 aromatic heterocycles. The van der Waals surface area contributed by atoms with E-state index in [2.05, 4.69) is 5.32 Å². The van der Waals surface area contributed by atoms with E-state index in [1.807, 2.05) is 6.92 Å². The molecular weight excluding hydrogens is 458 g/mol. The highest BCUT2D eigenvalue weighted by molar-refractivity contribution is 6.42. The van der Waals surface area contributed by atoms with E-state index in [1.165, 1.54) is 18.0 Å². The van der Waals surface area contributed by atoms with Crippen molar-refractivity contribution in [1.82, 2.24) is 10.2 Å². The van der Waals surface area contributed by atoms with Crippen molar-refractivity contribution in [2.24, 2.45) is 0 Å². The molecule has 9 heteroatoms. The Morgan fingerprint density at radius 3 is 2.34 bits per heavy atom. The lowest BCUT2D eigenvalue weighted by Crippen LogP contribution is -2.49. The maximum atomic E-state index is 13.0. The largest absolute Gasteiger partial charge is 0.482 e. The average Bonchev–Trinajstić information content (AvgIpc) is 2.69. The molecule has 0 heterocycles. The SMILES string of the molecule is CCC(C(=O)NC)N(Cc1ccc(Cl)c(Cl)c1)C(=O)COc1ccc(Cl)cc1Cl. The number of hydrogen-bond acceptors (Lipinski definition) is 3. The zero-order chi connectivity index (χ0) is 21.6. The second kappa shape index (κ2) is 10.9. The van der Waals surface area contributed by atoms with Crippen LogP contribution in [0.2, 0.25) is 20.1 Å². The van der Waals surface area contributed by atoms with E-state index in [1.54, 1.807) is 30.3 Å². The topological polar surface area (TPSA) is 58.6 Å². The van der Waals surface area contributed by atoms with Crippen molar-refractivity contribution in [3.8, 4) is 5.75 Å². The molecule has 0 bridgehead atoms. The summed E-state index contributed by atoms with van der Waals surface area (Å²) in [5, 5.41) is 4.12. The summed E-state index contributed by atoms with van der Waals surface area (Å²) >= 11 is 24.0. The van der Waals surface area contributed by atoms with Crippen molar-refractivity contribution in [3.05, 3.63) is 62.1 Å². The first kappa shape index (κ1) is 23.6. The molecule has 2 aromatic carbocycles. The predicted octanol–water partition coefficient (Wildman–Crippen LogP) is 5.23. The number of benzene rings is 2. The van der Waals surface area contributed by atoms with E-state index in [4.69, 9.17) is 51.1 Å². The zero-order valence-electron chi connectivity index (χ0n) is 15.8. The third-order valence-corrected chi connectivity index (χ3v) is 5.48. The van der Waals surface area contributed by atoms with Crippen LogP contribution in [0.1, 0.15) is 18.9 Å². The van der Waals surface area contributed by atoms with E-state index >= 15 is 0 Å². The fourth-order valence-corrected chi connectivity index (χ4v) is 3.52. The Bertz CT molecular complexity index is 892. The second-order valence-corrected chi connectivity index (χ2v) is 7.83. The van der Waals surface area contributed by atoms with Crippen LogP contribution in [-0.2, 0) is 16.1 Å². The van der Waals surface area contributed by atoms with Gasteiger partial charge in [0.15, 0.2) is 6.61 Å². The molecule has 0 aliphatic carbocycles. The van der Waals surface area contributed by atoms with Gasteiger partial charge in [0.25, 0.3) is 5.91 Å². The Morgan fingerprint density at radius 1 is 1.03 bits per heavy atom. The van der Waals surface area contributed by atoms with E-state index in [0.29, 0.717) is 32.3 Å². The molecule has 156 valence electrons. The Kier molecular flexibility index (Phi) is 8.90. The summed E-state index contributed by atoms with van der Waals surface area (Å²) in [5.41, 5.74) is 0.736. The van der Waals surface area contributed by atoms with E-state index in [9.17, 15) is 9.59 Å². The number of hydrogen-bond donors (Lipinski definition) is 1. The van der Waals surface area contributed by atoms with Crippen molar-refractivity contribution in [1.29, 1.82) is 0 Å². The molecule has 1 N–H and O–H groups in total. The molecule has 0 radical (unpaired) electrons. The monoisotopic (exact) mass is 476 g/mol. The molecule has 2 aromatic rings. The van der Waals surface area contributed by atoms with Gasteiger partial charge in [-0.05, 0) is 42.3 Å². The highest BCUT2D eigenvalue weighted by Crippen LogP contribution is 2.28. The quantitative estimate of drug-likeness (QED) is 0.566. The van der Waals surface area contributed by atoms with Crippen LogP contribution in [0.25, 0.3) is 0 Å². The van der Waals surface area contributed by atoms with Crippen LogP contribution in [0, 0.1) is 0 Å². The highest BCUT2D eigenvalue weighted by Gasteiger charge is 2.28.